The number of carbonyl (C=O) groups excluding carboxylic acids is 1. The lowest BCUT2D eigenvalue weighted by atomic mass is 10.2. The standard InChI is InChI=1S/C26H27N5O4S2/c1-31(18-20-8-4-2-5-9-20)37(33,34)23-14-12-22(13-15-23)35-19-24(32)27-16-17-36-26-28-25(29-30-26)21-10-6-3-7-11-21/h2-15H,16-19H2,1H3,(H,27,32)(H,28,29,30). The van der Waals surface area contributed by atoms with E-state index >= 15 is 0 Å². The Labute approximate surface area is 220 Å². The minimum absolute atomic E-state index is 0.155. The molecule has 9 nitrogen and oxygen atoms in total. The Morgan fingerprint density at radius 2 is 1.68 bits per heavy atom. The van der Waals surface area contributed by atoms with Crippen LogP contribution in [0.4, 0.5) is 0 Å². The third kappa shape index (κ3) is 7.42. The summed E-state index contributed by atoms with van der Waals surface area (Å²) < 4.78 is 32.5. The zero-order chi connectivity index (χ0) is 26.1. The van der Waals surface area contributed by atoms with E-state index in [1.807, 2.05) is 60.7 Å². The molecule has 11 heteroatoms. The molecular weight excluding hydrogens is 510 g/mol. The first-order valence-electron chi connectivity index (χ1n) is 11.5. The highest BCUT2D eigenvalue weighted by Crippen LogP contribution is 2.21. The first-order chi connectivity index (χ1) is 17.9. The molecule has 0 radical (unpaired) electrons. The van der Waals surface area contributed by atoms with Crippen molar-refractivity contribution in [2.75, 3.05) is 26.0 Å². The molecular formula is C26H27N5O4S2. The van der Waals surface area contributed by atoms with Gasteiger partial charge in [0, 0.05) is 31.5 Å². The number of ether oxygens (including phenoxy) is 1. The van der Waals surface area contributed by atoms with Gasteiger partial charge in [0.25, 0.3) is 5.91 Å². The van der Waals surface area contributed by atoms with Crippen molar-refractivity contribution in [2.45, 2.75) is 16.6 Å². The van der Waals surface area contributed by atoms with Gasteiger partial charge in [0.05, 0.1) is 4.90 Å². The van der Waals surface area contributed by atoms with Crippen LogP contribution in [0.5, 0.6) is 5.75 Å². The molecule has 0 aliphatic heterocycles. The van der Waals surface area contributed by atoms with Gasteiger partial charge >= 0.3 is 0 Å². The van der Waals surface area contributed by atoms with Gasteiger partial charge in [0.1, 0.15) is 5.75 Å². The number of carbonyl (C=O) groups is 1. The van der Waals surface area contributed by atoms with Crippen molar-refractivity contribution in [3.8, 4) is 17.1 Å². The van der Waals surface area contributed by atoms with Crippen molar-refractivity contribution in [3.05, 3.63) is 90.5 Å². The fourth-order valence-corrected chi connectivity index (χ4v) is 5.19. The average Bonchev–Trinajstić information content (AvgIpc) is 3.40. The number of hydrogen-bond acceptors (Lipinski definition) is 7. The molecule has 0 atom stereocenters. The summed E-state index contributed by atoms with van der Waals surface area (Å²) in [6.07, 6.45) is 0. The summed E-state index contributed by atoms with van der Waals surface area (Å²) in [5.74, 6) is 1.42. The van der Waals surface area contributed by atoms with E-state index in [9.17, 15) is 13.2 Å². The summed E-state index contributed by atoms with van der Waals surface area (Å²) in [6, 6.07) is 25.1. The normalized spacial score (nSPS) is 11.4. The van der Waals surface area contributed by atoms with E-state index in [-0.39, 0.29) is 24.0 Å². The van der Waals surface area contributed by atoms with Crippen molar-refractivity contribution in [1.29, 1.82) is 0 Å². The first-order valence-corrected chi connectivity index (χ1v) is 13.9. The Balaban J connectivity index is 1.18. The molecule has 0 unspecified atom stereocenters. The number of nitrogens with zero attached hydrogens (tertiary/aromatic N) is 3. The van der Waals surface area contributed by atoms with Crippen LogP contribution in [0, 0.1) is 0 Å². The Morgan fingerprint density at radius 1 is 1.00 bits per heavy atom. The van der Waals surface area contributed by atoms with Gasteiger partial charge in [-0.3, -0.25) is 9.89 Å². The Kier molecular flexibility index (Phi) is 8.94. The average molecular weight is 538 g/mol. The van der Waals surface area contributed by atoms with Crippen LogP contribution < -0.4 is 10.1 Å². The van der Waals surface area contributed by atoms with Crippen LogP contribution >= 0.6 is 11.8 Å². The number of amides is 1. The van der Waals surface area contributed by atoms with Gasteiger partial charge in [0.15, 0.2) is 12.4 Å². The van der Waals surface area contributed by atoms with Crippen LogP contribution in [0.25, 0.3) is 11.4 Å². The molecule has 0 aliphatic carbocycles. The van der Waals surface area contributed by atoms with Gasteiger partial charge in [-0.1, -0.05) is 72.4 Å². The van der Waals surface area contributed by atoms with Crippen LogP contribution in [0.1, 0.15) is 5.56 Å². The first kappa shape index (κ1) is 26.4. The zero-order valence-corrected chi connectivity index (χ0v) is 21.8. The molecule has 4 aromatic rings. The highest BCUT2D eigenvalue weighted by atomic mass is 32.2. The van der Waals surface area contributed by atoms with Gasteiger partial charge in [0.2, 0.25) is 15.2 Å². The summed E-state index contributed by atoms with van der Waals surface area (Å²) in [5, 5.41) is 10.5. The lowest BCUT2D eigenvalue weighted by Gasteiger charge is -2.17. The van der Waals surface area contributed by atoms with Crippen LogP contribution in [-0.2, 0) is 21.4 Å². The monoisotopic (exact) mass is 537 g/mol. The smallest absolute Gasteiger partial charge is 0.257 e. The SMILES string of the molecule is CN(Cc1ccccc1)S(=O)(=O)c1ccc(OCC(=O)NCCSc2n[nH]c(-c3ccccc3)n2)cc1. The van der Waals surface area contributed by atoms with Crippen molar-refractivity contribution < 1.29 is 17.9 Å². The predicted molar refractivity (Wildman–Crippen MR) is 143 cm³/mol. The van der Waals surface area contributed by atoms with E-state index in [1.165, 1.54) is 28.2 Å². The molecule has 0 saturated carbocycles. The maximum Gasteiger partial charge on any atom is 0.257 e. The fraction of sp³-hybridized carbons (Fsp3) is 0.192. The quantitative estimate of drug-likeness (QED) is 0.210. The van der Waals surface area contributed by atoms with Crippen LogP contribution in [0.3, 0.4) is 0 Å². The van der Waals surface area contributed by atoms with E-state index in [0.717, 1.165) is 11.1 Å². The fourth-order valence-electron chi connectivity index (χ4n) is 3.38. The number of nitrogens with one attached hydrogen (secondary N) is 2. The lowest BCUT2D eigenvalue weighted by molar-refractivity contribution is -0.122. The molecule has 0 spiro atoms. The van der Waals surface area contributed by atoms with Gasteiger partial charge in [-0.25, -0.2) is 13.4 Å². The van der Waals surface area contributed by atoms with Gasteiger partial charge in [-0.2, -0.15) is 4.31 Å². The molecule has 0 fully saturated rings. The second kappa shape index (κ2) is 12.5. The maximum absolute atomic E-state index is 12.8. The Morgan fingerprint density at radius 3 is 2.38 bits per heavy atom. The van der Waals surface area contributed by atoms with Crippen molar-refractivity contribution in [2.24, 2.45) is 0 Å². The molecule has 1 amide bonds. The summed E-state index contributed by atoms with van der Waals surface area (Å²) in [6.45, 7) is 0.515. The van der Waals surface area contributed by atoms with E-state index in [0.29, 0.717) is 29.0 Å². The number of sulfonamides is 1. The van der Waals surface area contributed by atoms with E-state index < -0.39 is 10.0 Å². The largest absolute Gasteiger partial charge is 0.484 e. The van der Waals surface area contributed by atoms with Crippen LogP contribution in [0.2, 0.25) is 0 Å². The second-order valence-electron chi connectivity index (χ2n) is 8.04. The summed E-state index contributed by atoms with van der Waals surface area (Å²) in [5.41, 5.74) is 1.85. The van der Waals surface area contributed by atoms with Crippen molar-refractivity contribution >= 4 is 27.7 Å². The molecule has 2 N–H and O–H groups in total. The molecule has 192 valence electrons. The molecule has 0 saturated heterocycles. The molecule has 0 bridgehead atoms. The summed E-state index contributed by atoms with van der Waals surface area (Å²) in [7, 11) is -2.11. The summed E-state index contributed by atoms with van der Waals surface area (Å²) >= 11 is 1.43. The van der Waals surface area contributed by atoms with Crippen LogP contribution in [0.15, 0.2) is 95.0 Å². The van der Waals surface area contributed by atoms with Crippen LogP contribution in [-0.4, -0.2) is 59.8 Å². The second-order valence-corrected chi connectivity index (χ2v) is 11.1. The third-order valence-corrected chi connectivity index (χ3v) is 7.98. The zero-order valence-electron chi connectivity index (χ0n) is 20.2. The van der Waals surface area contributed by atoms with E-state index in [4.69, 9.17) is 4.74 Å². The number of rotatable bonds is 12. The van der Waals surface area contributed by atoms with E-state index in [2.05, 4.69) is 20.5 Å². The van der Waals surface area contributed by atoms with Gasteiger partial charge in [-0.15, -0.1) is 5.10 Å². The minimum Gasteiger partial charge on any atom is -0.484 e. The molecule has 3 aromatic carbocycles. The third-order valence-electron chi connectivity index (χ3n) is 5.32. The number of aromatic nitrogens is 3. The lowest BCUT2D eigenvalue weighted by Crippen LogP contribution is -2.30. The molecule has 1 aromatic heterocycles. The molecule has 37 heavy (non-hydrogen) atoms. The Bertz CT molecular complexity index is 1400. The molecule has 0 aliphatic rings. The Hall–Kier alpha value is -3.67. The molecule has 1 heterocycles. The topological polar surface area (TPSA) is 117 Å². The summed E-state index contributed by atoms with van der Waals surface area (Å²) in [4.78, 5) is 16.7. The highest BCUT2D eigenvalue weighted by molar-refractivity contribution is 7.99. The number of hydrogen-bond donors (Lipinski definition) is 2. The maximum atomic E-state index is 12.8. The van der Waals surface area contributed by atoms with Gasteiger partial charge in [-0.05, 0) is 29.8 Å². The number of benzene rings is 3. The number of aromatic amines is 1. The number of H-pyrrole nitrogens is 1. The minimum atomic E-state index is -3.65. The molecule has 4 rings (SSSR count). The van der Waals surface area contributed by atoms with Gasteiger partial charge < -0.3 is 10.1 Å². The van der Waals surface area contributed by atoms with Crippen molar-refractivity contribution in [3.63, 3.8) is 0 Å². The number of thioether (sulfide) groups is 1. The predicted octanol–water partition coefficient (Wildman–Crippen LogP) is 3.58. The highest BCUT2D eigenvalue weighted by Gasteiger charge is 2.21. The van der Waals surface area contributed by atoms with Crippen molar-refractivity contribution in [1.82, 2.24) is 24.8 Å². The van der Waals surface area contributed by atoms with E-state index in [1.54, 1.807) is 19.2 Å².